The average Bonchev–Trinajstić information content (AvgIpc) is 2.81. The van der Waals surface area contributed by atoms with Crippen LogP contribution >= 0.6 is 0 Å². The number of nitrogens with zero attached hydrogens (tertiary/aromatic N) is 3. The summed E-state index contributed by atoms with van der Waals surface area (Å²) in [5, 5.41) is 0. The van der Waals surface area contributed by atoms with Crippen molar-refractivity contribution in [2.75, 3.05) is 13.6 Å². The number of rotatable bonds is 3. The second kappa shape index (κ2) is 4.59. The first kappa shape index (κ1) is 13.4. The smallest absolute Gasteiger partial charge is 0.271 e. The van der Waals surface area contributed by atoms with Gasteiger partial charge in [-0.3, -0.25) is 4.79 Å². The second-order valence-corrected chi connectivity index (χ2v) is 7.97. The van der Waals surface area contributed by atoms with E-state index >= 15 is 0 Å². The lowest BCUT2D eigenvalue weighted by Gasteiger charge is -2.57. The van der Waals surface area contributed by atoms with Crippen LogP contribution in [0.2, 0.25) is 0 Å². The lowest BCUT2D eigenvalue weighted by Crippen LogP contribution is -2.51. The first-order chi connectivity index (χ1) is 10.0. The molecular weight excluding hydrogens is 262 g/mol. The Kier molecular flexibility index (Phi) is 2.92. The number of hydrogen-bond acceptors (Lipinski definition) is 2. The first-order valence-corrected chi connectivity index (χ1v) is 8.26. The molecule has 4 fully saturated rings. The van der Waals surface area contributed by atoms with Gasteiger partial charge in [0.2, 0.25) is 0 Å². The van der Waals surface area contributed by atoms with E-state index in [0.717, 1.165) is 24.3 Å². The van der Waals surface area contributed by atoms with Gasteiger partial charge in [0, 0.05) is 20.6 Å². The number of amides is 1. The van der Waals surface area contributed by atoms with E-state index in [9.17, 15) is 4.79 Å². The fourth-order valence-electron chi connectivity index (χ4n) is 5.82. The molecular formula is C17H25N3O. The van der Waals surface area contributed by atoms with Crippen LogP contribution in [-0.2, 0) is 7.05 Å². The van der Waals surface area contributed by atoms with Crippen molar-refractivity contribution < 1.29 is 4.79 Å². The third-order valence-corrected chi connectivity index (χ3v) is 6.12. The van der Waals surface area contributed by atoms with E-state index in [4.69, 9.17) is 0 Å². The van der Waals surface area contributed by atoms with Crippen LogP contribution in [0.3, 0.4) is 0 Å². The predicted octanol–water partition coefficient (Wildman–Crippen LogP) is 2.71. The van der Waals surface area contributed by atoms with Crippen molar-refractivity contribution in [3.05, 3.63) is 18.2 Å². The quantitative estimate of drug-likeness (QED) is 0.857. The number of carbonyl (C=O) groups excluding carboxylic acids is 1. The van der Waals surface area contributed by atoms with E-state index in [1.807, 2.05) is 23.6 Å². The van der Waals surface area contributed by atoms with Crippen molar-refractivity contribution in [1.82, 2.24) is 14.5 Å². The molecule has 1 amide bonds. The van der Waals surface area contributed by atoms with Crippen LogP contribution in [0.25, 0.3) is 0 Å². The normalized spacial score (nSPS) is 37.0. The zero-order valence-corrected chi connectivity index (χ0v) is 13.1. The van der Waals surface area contributed by atoms with Crippen LogP contribution in [0, 0.1) is 23.2 Å². The molecule has 1 aromatic heterocycles. The molecule has 4 bridgehead atoms. The van der Waals surface area contributed by atoms with E-state index in [0.29, 0.717) is 11.1 Å². The monoisotopic (exact) mass is 287 g/mol. The summed E-state index contributed by atoms with van der Waals surface area (Å²) < 4.78 is 1.82. The molecule has 1 aromatic rings. The van der Waals surface area contributed by atoms with Crippen LogP contribution in [0.1, 0.15) is 49.0 Å². The van der Waals surface area contributed by atoms with Gasteiger partial charge in [0.15, 0.2) is 0 Å². The van der Waals surface area contributed by atoms with Gasteiger partial charge in [-0.15, -0.1) is 0 Å². The molecule has 0 aromatic carbocycles. The minimum absolute atomic E-state index is 0.116. The van der Waals surface area contributed by atoms with Crippen LogP contribution in [0.15, 0.2) is 12.5 Å². The van der Waals surface area contributed by atoms with Crippen LogP contribution in [-0.4, -0.2) is 34.0 Å². The van der Waals surface area contributed by atoms with Crippen molar-refractivity contribution >= 4 is 5.91 Å². The summed E-state index contributed by atoms with van der Waals surface area (Å²) in [7, 11) is 3.85. The van der Waals surface area contributed by atoms with Crippen molar-refractivity contribution in [2.45, 2.75) is 38.5 Å². The highest BCUT2D eigenvalue weighted by molar-refractivity contribution is 5.92. The van der Waals surface area contributed by atoms with Crippen molar-refractivity contribution in [3.8, 4) is 0 Å². The Morgan fingerprint density at radius 2 is 1.86 bits per heavy atom. The molecule has 0 aliphatic heterocycles. The summed E-state index contributed by atoms with van der Waals surface area (Å²) >= 11 is 0. The van der Waals surface area contributed by atoms with Gasteiger partial charge in [-0.05, 0) is 61.7 Å². The third kappa shape index (κ3) is 2.19. The van der Waals surface area contributed by atoms with E-state index in [1.165, 1.54) is 38.5 Å². The van der Waals surface area contributed by atoms with Gasteiger partial charge in [0.25, 0.3) is 5.91 Å². The van der Waals surface area contributed by atoms with E-state index in [2.05, 4.69) is 4.98 Å². The lowest BCUT2D eigenvalue weighted by molar-refractivity contribution is -0.0629. The third-order valence-electron chi connectivity index (χ3n) is 6.12. The summed E-state index contributed by atoms with van der Waals surface area (Å²) in [6, 6.07) is 0. The molecule has 4 aliphatic rings. The highest BCUT2D eigenvalue weighted by atomic mass is 16.2. The minimum atomic E-state index is 0.116. The maximum Gasteiger partial charge on any atom is 0.271 e. The first-order valence-electron chi connectivity index (χ1n) is 8.26. The predicted molar refractivity (Wildman–Crippen MR) is 80.8 cm³/mol. The standard InChI is InChI=1S/C17H25N3O/c1-19(16(21)15-9-18-11-20(15)2)10-17-6-12-3-13(7-17)5-14(4-12)8-17/h9,11-14H,3-8,10H2,1-2H3. The van der Waals surface area contributed by atoms with E-state index in [-0.39, 0.29) is 5.91 Å². The summed E-state index contributed by atoms with van der Waals surface area (Å²) in [5.74, 6) is 2.94. The second-order valence-electron chi connectivity index (χ2n) is 7.97. The van der Waals surface area contributed by atoms with Gasteiger partial charge in [-0.25, -0.2) is 4.98 Å². The fraction of sp³-hybridized carbons (Fsp3) is 0.765. The van der Waals surface area contributed by atoms with Crippen molar-refractivity contribution in [3.63, 3.8) is 0 Å². The Balaban J connectivity index is 1.51. The van der Waals surface area contributed by atoms with Gasteiger partial charge in [-0.2, -0.15) is 0 Å². The molecule has 4 aliphatic carbocycles. The van der Waals surface area contributed by atoms with Gasteiger partial charge in [-0.1, -0.05) is 0 Å². The summed E-state index contributed by atoms with van der Waals surface area (Å²) in [4.78, 5) is 18.6. The maximum atomic E-state index is 12.6. The molecule has 114 valence electrons. The number of hydrogen-bond donors (Lipinski definition) is 0. The van der Waals surface area contributed by atoms with Gasteiger partial charge in [0.05, 0.1) is 12.5 Å². The number of imidazole rings is 1. The zero-order chi connectivity index (χ0) is 14.6. The van der Waals surface area contributed by atoms with Crippen LogP contribution in [0.4, 0.5) is 0 Å². The largest absolute Gasteiger partial charge is 0.340 e. The highest BCUT2D eigenvalue weighted by Gasteiger charge is 2.51. The van der Waals surface area contributed by atoms with Crippen LogP contribution < -0.4 is 0 Å². The molecule has 0 saturated heterocycles. The van der Waals surface area contributed by atoms with E-state index in [1.54, 1.807) is 12.5 Å². The molecule has 21 heavy (non-hydrogen) atoms. The minimum Gasteiger partial charge on any atom is -0.340 e. The van der Waals surface area contributed by atoms with Gasteiger partial charge >= 0.3 is 0 Å². The maximum absolute atomic E-state index is 12.6. The lowest BCUT2D eigenvalue weighted by atomic mass is 9.49. The summed E-state index contributed by atoms with van der Waals surface area (Å²) in [6.07, 6.45) is 11.8. The Morgan fingerprint density at radius 3 is 2.33 bits per heavy atom. The molecule has 0 atom stereocenters. The van der Waals surface area contributed by atoms with E-state index < -0.39 is 0 Å². The number of aryl methyl sites for hydroxylation is 1. The number of carbonyl (C=O) groups is 1. The highest BCUT2D eigenvalue weighted by Crippen LogP contribution is 2.60. The zero-order valence-electron chi connectivity index (χ0n) is 13.1. The summed E-state index contributed by atoms with van der Waals surface area (Å²) in [6.45, 7) is 0.931. The Hall–Kier alpha value is -1.32. The molecule has 4 nitrogen and oxygen atoms in total. The van der Waals surface area contributed by atoms with Gasteiger partial charge < -0.3 is 9.47 Å². The molecule has 0 unspecified atom stereocenters. The fourth-order valence-corrected chi connectivity index (χ4v) is 5.82. The molecule has 5 rings (SSSR count). The SMILES string of the molecule is CN(CC12CC3CC(CC(C3)C1)C2)C(=O)c1cncn1C. The molecule has 4 heteroatoms. The van der Waals surface area contributed by atoms with Crippen LogP contribution in [0.5, 0.6) is 0 Å². The molecule has 1 heterocycles. The Morgan fingerprint density at radius 1 is 1.29 bits per heavy atom. The topological polar surface area (TPSA) is 38.1 Å². The molecule has 0 N–H and O–H groups in total. The summed E-state index contributed by atoms with van der Waals surface area (Å²) in [5.41, 5.74) is 1.11. The molecule has 0 radical (unpaired) electrons. The average molecular weight is 287 g/mol. The van der Waals surface area contributed by atoms with Crippen molar-refractivity contribution in [1.29, 1.82) is 0 Å². The molecule has 0 spiro atoms. The number of aromatic nitrogens is 2. The Labute approximate surface area is 126 Å². The van der Waals surface area contributed by atoms with Crippen molar-refractivity contribution in [2.24, 2.45) is 30.2 Å². The Bertz CT molecular complexity index is 527. The molecule has 4 saturated carbocycles. The van der Waals surface area contributed by atoms with Gasteiger partial charge in [0.1, 0.15) is 5.69 Å².